The van der Waals surface area contributed by atoms with E-state index in [0.29, 0.717) is 0 Å². The van der Waals surface area contributed by atoms with E-state index in [2.05, 4.69) is 81.6 Å². The van der Waals surface area contributed by atoms with Gasteiger partial charge in [-0.15, -0.1) is 0 Å². The molecule has 1 aliphatic carbocycles. The van der Waals surface area contributed by atoms with Crippen LogP contribution < -0.4 is 0 Å². The molecule has 74 valence electrons. The average molecular weight is 418 g/mol. The number of rotatable bonds is 0. The van der Waals surface area contributed by atoms with Crippen LogP contribution in [0.15, 0.2) is 36.4 Å². The predicted octanol–water partition coefficient (Wildman–Crippen LogP) is 4.47. The van der Waals surface area contributed by atoms with E-state index in [0.717, 1.165) is 6.42 Å². The van der Waals surface area contributed by atoms with Crippen LogP contribution in [0.2, 0.25) is 0 Å². The standard InChI is InChI=1S/C13H8I2/c14-11-5-6-12(15)13-9-4-2-1-3-8(9)7-10(11)13/h1-6H,7H2. The number of fused-ring (bicyclic) bond motifs is 3. The first kappa shape index (κ1) is 10.1. The molecular weight excluding hydrogens is 410 g/mol. The summed E-state index contributed by atoms with van der Waals surface area (Å²) in [5, 5.41) is 0. The number of hydrogen-bond donors (Lipinski definition) is 0. The van der Waals surface area contributed by atoms with Crippen molar-refractivity contribution in [2.45, 2.75) is 6.42 Å². The van der Waals surface area contributed by atoms with Crippen LogP contribution in [-0.2, 0) is 6.42 Å². The van der Waals surface area contributed by atoms with E-state index in [-0.39, 0.29) is 0 Å². The summed E-state index contributed by atoms with van der Waals surface area (Å²) < 4.78 is 2.76. The smallest absolute Gasteiger partial charge is 0.0212 e. The summed E-state index contributed by atoms with van der Waals surface area (Å²) in [5.41, 5.74) is 5.85. The second-order valence-electron chi connectivity index (χ2n) is 3.72. The summed E-state index contributed by atoms with van der Waals surface area (Å²) in [6.07, 6.45) is 1.10. The first-order valence-corrected chi connectivity index (χ1v) is 6.98. The minimum atomic E-state index is 1.10. The quantitative estimate of drug-likeness (QED) is 0.473. The maximum atomic E-state index is 2.44. The molecule has 0 radical (unpaired) electrons. The summed E-state index contributed by atoms with van der Waals surface area (Å²) >= 11 is 4.87. The Morgan fingerprint density at radius 3 is 2.47 bits per heavy atom. The SMILES string of the molecule is Ic1ccc(I)c2c1Cc1ccccc1-2. The second-order valence-corrected chi connectivity index (χ2v) is 6.04. The summed E-state index contributed by atoms with van der Waals surface area (Å²) in [5.74, 6) is 0. The van der Waals surface area contributed by atoms with Gasteiger partial charge in [0.05, 0.1) is 0 Å². The minimum absolute atomic E-state index is 1.10. The molecule has 0 N–H and O–H groups in total. The molecule has 0 bridgehead atoms. The van der Waals surface area contributed by atoms with Gasteiger partial charge in [0.15, 0.2) is 0 Å². The van der Waals surface area contributed by atoms with Gasteiger partial charge in [0.2, 0.25) is 0 Å². The maximum Gasteiger partial charge on any atom is 0.0212 e. The van der Waals surface area contributed by atoms with Crippen LogP contribution in [0, 0.1) is 7.14 Å². The monoisotopic (exact) mass is 418 g/mol. The van der Waals surface area contributed by atoms with Crippen LogP contribution in [0.4, 0.5) is 0 Å². The van der Waals surface area contributed by atoms with Gasteiger partial charge in [-0.25, -0.2) is 0 Å². The first-order chi connectivity index (χ1) is 7.27. The van der Waals surface area contributed by atoms with Crippen molar-refractivity contribution in [3.8, 4) is 11.1 Å². The lowest BCUT2D eigenvalue weighted by atomic mass is 10.1. The molecule has 0 atom stereocenters. The third-order valence-corrected chi connectivity index (χ3v) is 4.77. The third kappa shape index (κ3) is 1.53. The van der Waals surface area contributed by atoms with Crippen LogP contribution >= 0.6 is 45.2 Å². The average Bonchev–Trinajstić information content (AvgIpc) is 2.64. The van der Waals surface area contributed by atoms with Crippen molar-refractivity contribution in [3.05, 3.63) is 54.7 Å². The van der Waals surface area contributed by atoms with E-state index < -0.39 is 0 Å². The van der Waals surface area contributed by atoms with Gasteiger partial charge in [-0.2, -0.15) is 0 Å². The molecule has 0 amide bonds. The maximum absolute atomic E-state index is 2.44. The van der Waals surface area contributed by atoms with Gasteiger partial charge >= 0.3 is 0 Å². The van der Waals surface area contributed by atoms with Crippen molar-refractivity contribution in [1.82, 2.24) is 0 Å². The van der Waals surface area contributed by atoms with Gasteiger partial charge in [-0.1, -0.05) is 24.3 Å². The molecule has 0 heterocycles. The number of halogens is 2. The Kier molecular flexibility index (Phi) is 2.51. The van der Waals surface area contributed by atoms with E-state index in [1.165, 1.54) is 29.4 Å². The molecule has 2 aromatic carbocycles. The van der Waals surface area contributed by atoms with E-state index in [1.807, 2.05) is 0 Å². The van der Waals surface area contributed by atoms with Crippen LogP contribution in [-0.4, -0.2) is 0 Å². The minimum Gasteiger partial charge on any atom is -0.0619 e. The van der Waals surface area contributed by atoms with Gasteiger partial charge in [0, 0.05) is 7.14 Å². The van der Waals surface area contributed by atoms with E-state index in [4.69, 9.17) is 0 Å². The largest absolute Gasteiger partial charge is 0.0619 e. The third-order valence-electron chi connectivity index (χ3n) is 2.86. The number of benzene rings is 2. The van der Waals surface area contributed by atoms with Crippen molar-refractivity contribution < 1.29 is 0 Å². The molecule has 0 saturated carbocycles. The van der Waals surface area contributed by atoms with Gasteiger partial charge in [-0.3, -0.25) is 0 Å². The molecule has 2 heteroatoms. The van der Waals surface area contributed by atoms with Crippen LogP contribution in [0.25, 0.3) is 11.1 Å². The van der Waals surface area contributed by atoms with Gasteiger partial charge < -0.3 is 0 Å². The van der Waals surface area contributed by atoms with E-state index >= 15 is 0 Å². The molecule has 0 saturated heterocycles. The summed E-state index contributed by atoms with van der Waals surface area (Å²) in [6.45, 7) is 0. The van der Waals surface area contributed by atoms with Crippen molar-refractivity contribution in [3.63, 3.8) is 0 Å². The lowest BCUT2D eigenvalue weighted by Crippen LogP contribution is -1.88. The highest BCUT2D eigenvalue weighted by Gasteiger charge is 2.21. The topological polar surface area (TPSA) is 0 Å². The van der Waals surface area contributed by atoms with Crippen molar-refractivity contribution >= 4 is 45.2 Å². The summed E-state index contributed by atoms with van der Waals surface area (Å²) in [7, 11) is 0. The molecule has 0 aromatic heterocycles. The van der Waals surface area contributed by atoms with Crippen molar-refractivity contribution in [2.75, 3.05) is 0 Å². The second kappa shape index (κ2) is 3.73. The van der Waals surface area contributed by atoms with Crippen molar-refractivity contribution in [2.24, 2.45) is 0 Å². The highest BCUT2D eigenvalue weighted by molar-refractivity contribution is 14.1. The molecule has 0 unspecified atom stereocenters. The summed E-state index contributed by atoms with van der Waals surface area (Å²) in [4.78, 5) is 0. The van der Waals surface area contributed by atoms with Crippen molar-refractivity contribution in [1.29, 1.82) is 0 Å². The Morgan fingerprint density at radius 2 is 1.60 bits per heavy atom. The predicted molar refractivity (Wildman–Crippen MR) is 80.1 cm³/mol. The molecule has 0 aliphatic heterocycles. The summed E-state index contributed by atoms with van der Waals surface area (Å²) in [6, 6.07) is 13.2. The zero-order valence-electron chi connectivity index (χ0n) is 7.93. The molecule has 0 spiro atoms. The Labute approximate surface area is 116 Å². The molecule has 3 rings (SSSR count). The Bertz CT molecular complexity index is 544. The molecule has 0 fully saturated rings. The molecule has 1 aliphatic rings. The fraction of sp³-hybridized carbons (Fsp3) is 0.0769. The van der Waals surface area contributed by atoms with Crippen LogP contribution in [0.1, 0.15) is 11.1 Å². The highest BCUT2D eigenvalue weighted by Crippen LogP contribution is 2.41. The molecular formula is C13H8I2. The zero-order valence-corrected chi connectivity index (χ0v) is 12.2. The normalized spacial score (nSPS) is 12.4. The Morgan fingerprint density at radius 1 is 0.867 bits per heavy atom. The Hall–Kier alpha value is -0.100. The fourth-order valence-corrected chi connectivity index (χ4v) is 3.60. The van der Waals surface area contributed by atoms with Gasteiger partial charge in [0.25, 0.3) is 0 Å². The van der Waals surface area contributed by atoms with Crippen LogP contribution in [0.5, 0.6) is 0 Å². The van der Waals surface area contributed by atoms with E-state index in [9.17, 15) is 0 Å². The van der Waals surface area contributed by atoms with Gasteiger partial charge in [-0.05, 0) is 86.0 Å². The zero-order chi connectivity index (χ0) is 10.4. The molecule has 0 nitrogen and oxygen atoms in total. The molecule has 2 aromatic rings. The molecule has 15 heavy (non-hydrogen) atoms. The first-order valence-electron chi connectivity index (χ1n) is 4.82. The Balaban J connectivity index is 2.37. The lowest BCUT2D eigenvalue weighted by molar-refractivity contribution is 1.24. The highest BCUT2D eigenvalue weighted by atomic mass is 127. The lowest BCUT2D eigenvalue weighted by Gasteiger charge is -2.05. The fourth-order valence-electron chi connectivity index (χ4n) is 2.17. The van der Waals surface area contributed by atoms with Crippen LogP contribution in [0.3, 0.4) is 0 Å². The van der Waals surface area contributed by atoms with E-state index in [1.54, 1.807) is 0 Å². The number of hydrogen-bond acceptors (Lipinski definition) is 0. The van der Waals surface area contributed by atoms with Gasteiger partial charge in [0.1, 0.15) is 0 Å².